The second kappa shape index (κ2) is 2.71. The van der Waals surface area contributed by atoms with E-state index in [4.69, 9.17) is 10.8 Å². The summed E-state index contributed by atoms with van der Waals surface area (Å²) in [5.41, 5.74) is 6.40. The van der Waals surface area contributed by atoms with Crippen molar-refractivity contribution < 1.29 is 18.3 Å². The number of carbonyl (C=O) groups is 1. The van der Waals surface area contributed by atoms with E-state index in [1.54, 1.807) is 0 Å². The molecule has 0 aliphatic carbocycles. The largest absolute Gasteiger partial charge is 0.477 e. The van der Waals surface area contributed by atoms with E-state index in [1.165, 1.54) is 0 Å². The fourth-order valence-electron chi connectivity index (χ4n) is 1.49. The zero-order valence-corrected chi connectivity index (χ0v) is 8.61. The molecule has 1 aromatic heterocycles. The maximum absolute atomic E-state index is 11.2. The zero-order chi connectivity index (χ0) is 10.5. The van der Waals surface area contributed by atoms with E-state index < -0.39 is 15.8 Å². The first-order valence-corrected chi connectivity index (χ1v) is 6.38. The summed E-state index contributed by atoms with van der Waals surface area (Å²) in [6.07, 6.45) is 0. The number of carboxylic acids is 1. The minimum Gasteiger partial charge on any atom is -0.477 e. The van der Waals surface area contributed by atoms with Gasteiger partial charge in [0.15, 0.2) is 9.84 Å². The average Bonchev–Trinajstić information content (AvgIpc) is 2.47. The second-order valence-corrected chi connectivity index (χ2v) is 6.21. The number of nitrogen functional groups attached to an aromatic ring is 1. The predicted octanol–water partition coefficient (Wildman–Crippen LogP) is 0.457. The van der Waals surface area contributed by atoms with Crippen LogP contribution in [0.2, 0.25) is 0 Å². The fourth-order valence-corrected chi connectivity index (χ4v) is 4.25. The molecule has 1 aromatic rings. The summed E-state index contributed by atoms with van der Waals surface area (Å²) >= 11 is 0.939. The van der Waals surface area contributed by atoms with Crippen LogP contribution in [0.4, 0.5) is 5.00 Å². The molecule has 7 heteroatoms. The highest BCUT2D eigenvalue weighted by Gasteiger charge is 2.33. The van der Waals surface area contributed by atoms with Crippen LogP contribution in [-0.4, -0.2) is 19.5 Å². The molecule has 76 valence electrons. The molecular weight excluding hydrogens is 226 g/mol. The van der Waals surface area contributed by atoms with Crippen LogP contribution in [0.5, 0.6) is 0 Å². The third-order valence-electron chi connectivity index (χ3n) is 2.07. The van der Waals surface area contributed by atoms with Crippen molar-refractivity contribution in [3.05, 3.63) is 16.0 Å². The molecular formula is C7H7NO4S2. The van der Waals surface area contributed by atoms with Crippen molar-refractivity contribution in [3.8, 4) is 0 Å². The van der Waals surface area contributed by atoms with Crippen molar-refractivity contribution in [2.45, 2.75) is 11.5 Å². The fraction of sp³-hybridized carbons (Fsp3) is 0.286. The maximum atomic E-state index is 11.2. The molecule has 1 aliphatic heterocycles. The summed E-state index contributed by atoms with van der Waals surface area (Å²) < 4.78 is 22.5. The van der Waals surface area contributed by atoms with Crippen LogP contribution < -0.4 is 5.73 Å². The molecule has 0 amide bonds. The zero-order valence-electron chi connectivity index (χ0n) is 6.98. The van der Waals surface area contributed by atoms with Crippen LogP contribution in [0.3, 0.4) is 0 Å². The topological polar surface area (TPSA) is 97.5 Å². The number of rotatable bonds is 1. The van der Waals surface area contributed by atoms with Crippen molar-refractivity contribution in [1.29, 1.82) is 0 Å². The number of hydrogen-bond donors (Lipinski definition) is 2. The van der Waals surface area contributed by atoms with Crippen LogP contribution in [-0.2, 0) is 21.3 Å². The van der Waals surface area contributed by atoms with Gasteiger partial charge in [-0.25, -0.2) is 13.2 Å². The van der Waals surface area contributed by atoms with Gasteiger partial charge in [0.2, 0.25) is 0 Å². The maximum Gasteiger partial charge on any atom is 0.346 e. The SMILES string of the molecule is Nc1sc(C(=O)O)c2c1CS(=O)(=O)C2. The van der Waals surface area contributed by atoms with Crippen LogP contribution in [0.1, 0.15) is 20.8 Å². The van der Waals surface area contributed by atoms with Gasteiger partial charge in [0.25, 0.3) is 0 Å². The van der Waals surface area contributed by atoms with E-state index in [0.717, 1.165) is 11.3 Å². The Labute approximate surface area is 84.1 Å². The minimum absolute atomic E-state index is 0.0542. The quantitative estimate of drug-likeness (QED) is 0.734. The number of sulfone groups is 1. The second-order valence-electron chi connectivity index (χ2n) is 3.09. The molecule has 0 unspecified atom stereocenters. The van der Waals surface area contributed by atoms with Crippen molar-refractivity contribution >= 4 is 32.1 Å². The standard InChI is InChI=1S/C7H7NO4S2/c8-6-4-2-14(11,12)1-3(4)5(13-6)7(9)10/h1-2,8H2,(H,9,10). The summed E-state index contributed by atoms with van der Waals surface area (Å²) in [7, 11) is -3.18. The highest BCUT2D eigenvalue weighted by atomic mass is 32.2. The Hall–Kier alpha value is -1.08. The molecule has 0 spiro atoms. The molecule has 14 heavy (non-hydrogen) atoms. The first-order valence-electron chi connectivity index (χ1n) is 3.74. The van der Waals surface area contributed by atoms with Gasteiger partial charge in [-0.05, 0) is 5.56 Å². The number of thiophene rings is 1. The Kier molecular flexibility index (Phi) is 1.83. The van der Waals surface area contributed by atoms with E-state index in [1.807, 2.05) is 0 Å². The first kappa shape index (κ1) is 9.47. The number of hydrogen-bond acceptors (Lipinski definition) is 5. The van der Waals surface area contributed by atoms with E-state index in [2.05, 4.69) is 0 Å². The van der Waals surface area contributed by atoms with Crippen molar-refractivity contribution in [3.63, 3.8) is 0 Å². The van der Waals surface area contributed by atoms with Gasteiger partial charge in [-0.2, -0.15) is 0 Å². The number of aromatic carboxylic acids is 1. The van der Waals surface area contributed by atoms with Crippen LogP contribution in [0, 0.1) is 0 Å². The third kappa shape index (κ3) is 1.28. The Bertz CT molecular complexity index is 514. The number of nitrogens with two attached hydrogens (primary N) is 1. The number of fused-ring (bicyclic) bond motifs is 1. The van der Waals surface area contributed by atoms with Gasteiger partial charge in [-0.1, -0.05) is 0 Å². The van der Waals surface area contributed by atoms with Crippen molar-refractivity contribution in [1.82, 2.24) is 0 Å². The van der Waals surface area contributed by atoms with E-state index in [0.29, 0.717) is 16.1 Å². The van der Waals surface area contributed by atoms with Gasteiger partial charge < -0.3 is 10.8 Å². The van der Waals surface area contributed by atoms with Gasteiger partial charge in [-0.3, -0.25) is 0 Å². The Morgan fingerprint density at radius 1 is 1.36 bits per heavy atom. The molecule has 0 saturated heterocycles. The Balaban J connectivity index is 2.63. The van der Waals surface area contributed by atoms with E-state index in [9.17, 15) is 13.2 Å². The number of carboxylic acid groups (broad SMARTS) is 1. The highest BCUT2D eigenvalue weighted by molar-refractivity contribution is 7.90. The monoisotopic (exact) mass is 233 g/mol. The number of anilines is 1. The smallest absolute Gasteiger partial charge is 0.346 e. The van der Waals surface area contributed by atoms with Gasteiger partial charge >= 0.3 is 5.97 Å². The first-order chi connectivity index (χ1) is 6.41. The average molecular weight is 233 g/mol. The van der Waals surface area contributed by atoms with Gasteiger partial charge in [-0.15, -0.1) is 11.3 Å². The van der Waals surface area contributed by atoms with Crippen LogP contribution >= 0.6 is 11.3 Å². The summed E-state index contributed by atoms with van der Waals surface area (Å²) in [6.45, 7) is 0. The van der Waals surface area contributed by atoms with Gasteiger partial charge in [0.05, 0.1) is 16.5 Å². The van der Waals surface area contributed by atoms with Crippen molar-refractivity contribution in [2.24, 2.45) is 0 Å². The van der Waals surface area contributed by atoms with Gasteiger partial charge in [0.1, 0.15) is 4.88 Å². The summed E-state index contributed by atoms with van der Waals surface area (Å²) in [4.78, 5) is 10.8. The van der Waals surface area contributed by atoms with E-state index >= 15 is 0 Å². The lowest BCUT2D eigenvalue weighted by molar-refractivity contribution is 0.0701. The van der Waals surface area contributed by atoms with Gasteiger partial charge in [0, 0.05) is 5.56 Å². The summed E-state index contributed by atoms with van der Waals surface area (Å²) in [5.74, 6) is -1.43. The summed E-state index contributed by atoms with van der Waals surface area (Å²) in [6, 6.07) is 0. The predicted molar refractivity (Wildman–Crippen MR) is 52.0 cm³/mol. The molecule has 2 heterocycles. The molecule has 0 radical (unpaired) electrons. The van der Waals surface area contributed by atoms with E-state index in [-0.39, 0.29) is 16.4 Å². The Morgan fingerprint density at radius 2 is 1.93 bits per heavy atom. The molecule has 0 aromatic carbocycles. The molecule has 0 saturated carbocycles. The molecule has 5 nitrogen and oxygen atoms in total. The summed E-state index contributed by atoms with van der Waals surface area (Å²) in [5, 5.41) is 9.10. The van der Waals surface area contributed by atoms with Crippen LogP contribution in [0.25, 0.3) is 0 Å². The lowest BCUT2D eigenvalue weighted by atomic mass is 10.2. The Morgan fingerprint density at radius 3 is 2.50 bits per heavy atom. The van der Waals surface area contributed by atoms with Crippen molar-refractivity contribution in [2.75, 3.05) is 5.73 Å². The molecule has 2 rings (SSSR count). The molecule has 0 fully saturated rings. The van der Waals surface area contributed by atoms with Crippen LogP contribution in [0.15, 0.2) is 0 Å². The lowest BCUT2D eigenvalue weighted by Crippen LogP contribution is -2.00. The third-order valence-corrected chi connectivity index (χ3v) is 4.62. The normalized spacial score (nSPS) is 18.0. The lowest BCUT2D eigenvalue weighted by Gasteiger charge is -1.92. The molecule has 0 atom stereocenters. The highest BCUT2D eigenvalue weighted by Crippen LogP contribution is 2.38. The molecule has 1 aliphatic rings. The molecule has 3 N–H and O–H groups in total. The molecule has 0 bridgehead atoms. The minimum atomic E-state index is -3.18.